The van der Waals surface area contributed by atoms with E-state index in [2.05, 4.69) is 22.6 Å². The van der Waals surface area contributed by atoms with Gasteiger partial charge in [-0.2, -0.15) is 0 Å². The van der Waals surface area contributed by atoms with Gasteiger partial charge in [-0.15, -0.1) is 0 Å². The molecule has 23 heavy (non-hydrogen) atoms. The number of hydrogen-bond donors (Lipinski definition) is 0. The summed E-state index contributed by atoms with van der Waals surface area (Å²) in [6, 6.07) is 6.66. The first-order chi connectivity index (χ1) is 10.6. The van der Waals surface area contributed by atoms with Gasteiger partial charge in [0.25, 0.3) is 5.91 Å². The van der Waals surface area contributed by atoms with Gasteiger partial charge in [0, 0.05) is 9.13 Å². The molecular weight excluding hydrogens is 413 g/mol. The maximum absolute atomic E-state index is 12.5. The standard InChI is InChI=1S/C16H20INO5/c1-5-22-13(19)10-18(15(21)23-16(2,3)4)14(20)11-6-8-12(17)9-7-11/h6-9H,5,10H2,1-4H3. The summed E-state index contributed by atoms with van der Waals surface area (Å²) in [6.45, 7) is 6.37. The van der Waals surface area contributed by atoms with Gasteiger partial charge in [-0.1, -0.05) is 0 Å². The maximum Gasteiger partial charge on any atom is 0.417 e. The van der Waals surface area contributed by atoms with Gasteiger partial charge in [-0.05, 0) is 74.6 Å². The third kappa shape index (κ3) is 6.55. The molecule has 0 radical (unpaired) electrons. The molecule has 0 heterocycles. The molecule has 0 fully saturated rings. The van der Waals surface area contributed by atoms with Crippen LogP contribution >= 0.6 is 22.6 Å². The molecule has 0 saturated carbocycles. The van der Waals surface area contributed by atoms with E-state index >= 15 is 0 Å². The highest BCUT2D eigenvalue weighted by Gasteiger charge is 2.30. The SMILES string of the molecule is CCOC(=O)CN(C(=O)OC(C)(C)C)C(=O)c1ccc(I)cc1. The summed E-state index contributed by atoms with van der Waals surface area (Å²) >= 11 is 2.11. The van der Waals surface area contributed by atoms with Crippen LogP contribution in [-0.4, -0.2) is 41.6 Å². The molecule has 126 valence electrons. The Morgan fingerprint density at radius 2 is 1.70 bits per heavy atom. The van der Waals surface area contributed by atoms with Gasteiger partial charge in [0.05, 0.1) is 6.61 Å². The fraction of sp³-hybridized carbons (Fsp3) is 0.438. The van der Waals surface area contributed by atoms with Crippen molar-refractivity contribution in [2.45, 2.75) is 33.3 Å². The van der Waals surface area contributed by atoms with E-state index in [1.54, 1.807) is 52.0 Å². The van der Waals surface area contributed by atoms with Crippen LogP contribution in [0.3, 0.4) is 0 Å². The molecule has 6 nitrogen and oxygen atoms in total. The van der Waals surface area contributed by atoms with Gasteiger partial charge in [0.1, 0.15) is 12.1 Å². The fourth-order valence-corrected chi connectivity index (χ4v) is 1.98. The minimum atomic E-state index is -0.880. The van der Waals surface area contributed by atoms with Crippen LogP contribution in [0.5, 0.6) is 0 Å². The topological polar surface area (TPSA) is 72.9 Å². The second-order valence-corrected chi connectivity index (χ2v) is 6.93. The summed E-state index contributed by atoms with van der Waals surface area (Å²) in [5.74, 6) is -1.28. The van der Waals surface area contributed by atoms with E-state index in [0.29, 0.717) is 5.56 Å². The van der Waals surface area contributed by atoms with Crippen molar-refractivity contribution in [2.24, 2.45) is 0 Å². The summed E-state index contributed by atoms with van der Waals surface area (Å²) in [7, 11) is 0. The first kappa shape index (κ1) is 19.4. The largest absolute Gasteiger partial charge is 0.465 e. The molecule has 0 spiro atoms. The van der Waals surface area contributed by atoms with Crippen molar-refractivity contribution < 1.29 is 23.9 Å². The molecule has 0 aliphatic rings. The lowest BCUT2D eigenvalue weighted by Crippen LogP contribution is -2.44. The average molecular weight is 433 g/mol. The number of rotatable bonds is 4. The van der Waals surface area contributed by atoms with E-state index in [9.17, 15) is 14.4 Å². The number of esters is 1. The monoisotopic (exact) mass is 433 g/mol. The Hall–Kier alpha value is -1.64. The first-order valence-electron chi connectivity index (χ1n) is 7.10. The van der Waals surface area contributed by atoms with Gasteiger partial charge in [0.2, 0.25) is 0 Å². The summed E-state index contributed by atoms with van der Waals surface area (Å²) < 4.78 is 11.0. The molecule has 0 saturated heterocycles. The minimum Gasteiger partial charge on any atom is -0.465 e. The zero-order valence-electron chi connectivity index (χ0n) is 13.6. The number of benzene rings is 1. The normalized spacial score (nSPS) is 10.8. The Labute approximate surface area is 149 Å². The maximum atomic E-state index is 12.5. The van der Waals surface area contributed by atoms with Crippen LogP contribution in [0.2, 0.25) is 0 Å². The van der Waals surface area contributed by atoms with Crippen molar-refractivity contribution in [2.75, 3.05) is 13.2 Å². The predicted molar refractivity (Wildman–Crippen MR) is 93.1 cm³/mol. The van der Waals surface area contributed by atoms with Crippen LogP contribution in [-0.2, 0) is 14.3 Å². The van der Waals surface area contributed by atoms with Crippen LogP contribution in [0.1, 0.15) is 38.1 Å². The van der Waals surface area contributed by atoms with Gasteiger partial charge in [0.15, 0.2) is 0 Å². The van der Waals surface area contributed by atoms with E-state index in [1.165, 1.54) is 0 Å². The highest BCUT2D eigenvalue weighted by molar-refractivity contribution is 14.1. The van der Waals surface area contributed by atoms with E-state index in [0.717, 1.165) is 8.47 Å². The molecule has 7 heteroatoms. The Bertz CT molecular complexity index is 577. The van der Waals surface area contributed by atoms with Crippen molar-refractivity contribution in [1.82, 2.24) is 4.90 Å². The Kier molecular flexibility index (Phi) is 6.99. The zero-order chi connectivity index (χ0) is 17.6. The predicted octanol–water partition coefficient (Wildman–Crippen LogP) is 3.23. The van der Waals surface area contributed by atoms with Crippen molar-refractivity contribution >= 4 is 40.6 Å². The molecule has 0 atom stereocenters. The van der Waals surface area contributed by atoms with E-state index in [4.69, 9.17) is 9.47 Å². The number of nitrogens with zero attached hydrogens (tertiary/aromatic N) is 1. The Morgan fingerprint density at radius 1 is 1.13 bits per heavy atom. The summed E-state index contributed by atoms with van der Waals surface area (Å²) in [6.07, 6.45) is -0.880. The summed E-state index contributed by atoms with van der Waals surface area (Å²) in [5, 5.41) is 0. The Balaban J connectivity index is 3.02. The number of carbonyl (C=O) groups excluding carboxylic acids is 3. The Morgan fingerprint density at radius 3 is 2.17 bits per heavy atom. The van der Waals surface area contributed by atoms with Gasteiger partial charge < -0.3 is 9.47 Å². The number of amides is 2. The molecular formula is C16H20INO5. The van der Waals surface area contributed by atoms with Crippen molar-refractivity contribution in [3.05, 3.63) is 33.4 Å². The smallest absolute Gasteiger partial charge is 0.417 e. The second kappa shape index (κ2) is 8.28. The fourth-order valence-electron chi connectivity index (χ4n) is 1.62. The third-order valence-corrected chi connectivity index (χ3v) is 3.26. The van der Waals surface area contributed by atoms with E-state index in [1.807, 2.05) is 0 Å². The van der Waals surface area contributed by atoms with E-state index in [-0.39, 0.29) is 6.61 Å². The van der Waals surface area contributed by atoms with Crippen LogP contribution in [0, 0.1) is 3.57 Å². The highest BCUT2D eigenvalue weighted by atomic mass is 127. The minimum absolute atomic E-state index is 0.165. The van der Waals surface area contributed by atoms with E-state index < -0.39 is 30.1 Å². The molecule has 0 aliphatic carbocycles. The van der Waals surface area contributed by atoms with Gasteiger partial charge >= 0.3 is 12.1 Å². The van der Waals surface area contributed by atoms with Gasteiger partial charge in [-0.25, -0.2) is 9.69 Å². The lowest BCUT2D eigenvalue weighted by Gasteiger charge is -2.25. The van der Waals surface area contributed by atoms with Gasteiger partial charge in [-0.3, -0.25) is 9.59 Å². The number of imide groups is 1. The van der Waals surface area contributed by atoms with Crippen molar-refractivity contribution in [3.8, 4) is 0 Å². The molecule has 1 aromatic rings. The molecule has 0 aliphatic heterocycles. The van der Waals surface area contributed by atoms with Crippen LogP contribution < -0.4 is 0 Å². The third-order valence-electron chi connectivity index (χ3n) is 2.54. The molecule has 2 amide bonds. The van der Waals surface area contributed by atoms with Crippen LogP contribution in [0.15, 0.2) is 24.3 Å². The number of carbonyl (C=O) groups is 3. The molecule has 0 unspecified atom stereocenters. The summed E-state index contributed by atoms with van der Waals surface area (Å²) in [5.41, 5.74) is -0.489. The molecule has 1 aromatic carbocycles. The highest BCUT2D eigenvalue weighted by Crippen LogP contribution is 2.14. The molecule has 0 bridgehead atoms. The number of ether oxygens (including phenoxy) is 2. The summed E-state index contributed by atoms with van der Waals surface area (Å²) in [4.78, 5) is 37.2. The van der Waals surface area contributed by atoms with Crippen LogP contribution in [0.4, 0.5) is 4.79 Å². The number of hydrogen-bond acceptors (Lipinski definition) is 5. The molecule has 0 aromatic heterocycles. The lowest BCUT2D eigenvalue weighted by molar-refractivity contribution is -0.143. The van der Waals surface area contributed by atoms with Crippen LogP contribution in [0.25, 0.3) is 0 Å². The van der Waals surface area contributed by atoms with Crippen molar-refractivity contribution in [3.63, 3.8) is 0 Å². The second-order valence-electron chi connectivity index (χ2n) is 5.68. The molecule has 1 rings (SSSR count). The zero-order valence-corrected chi connectivity index (χ0v) is 15.7. The lowest BCUT2D eigenvalue weighted by atomic mass is 10.2. The first-order valence-corrected chi connectivity index (χ1v) is 8.18. The average Bonchev–Trinajstić information content (AvgIpc) is 2.43. The quantitative estimate of drug-likeness (QED) is 0.539. The van der Waals surface area contributed by atoms with Crippen molar-refractivity contribution in [1.29, 1.82) is 0 Å². The number of halogens is 1. The molecule has 0 N–H and O–H groups in total.